The monoisotopic (exact) mass is 243 g/mol. The Hall–Kier alpha value is -0.850. The molecule has 1 aliphatic rings. The molecule has 0 aromatic rings. The highest BCUT2D eigenvalue weighted by molar-refractivity contribution is 5.79. The van der Waals surface area contributed by atoms with Crippen LogP contribution in [0.4, 0.5) is 0 Å². The molecule has 0 bridgehead atoms. The second kappa shape index (κ2) is 8.27. The summed E-state index contributed by atoms with van der Waals surface area (Å²) in [6.45, 7) is 6.64. The molecule has 17 heavy (non-hydrogen) atoms. The number of aliphatic imine (C=N–C) groups is 1. The van der Waals surface area contributed by atoms with Crippen molar-refractivity contribution in [3.8, 4) is 0 Å². The van der Waals surface area contributed by atoms with Crippen LogP contribution in [0.15, 0.2) is 4.99 Å². The number of hydrogen-bond acceptors (Lipinski definition) is 4. The summed E-state index contributed by atoms with van der Waals surface area (Å²) in [4.78, 5) is 6.93. The average molecular weight is 243 g/mol. The Labute approximate surface area is 104 Å². The number of guanidine groups is 1. The lowest BCUT2D eigenvalue weighted by Crippen LogP contribution is -2.43. The van der Waals surface area contributed by atoms with Crippen molar-refractivity contribution < 1.29 is 4.74 Å². The van der Waals surface area contributed by atoms with Crippen LogP contribution in [-0.2, 0) is 4.74 Å². The van der Waals surface area contributed by atoms with Gasteiger partial charge in [0.2, 0.25) is 5.96 Å². The first-order valence-electron chi connectivity index (χ1n) is 6.29. The molecule has 0 aliphatic carbocycles. The van der Waals surface area contributed by atoms with Gasteiger partial charge in [-0.25, -0.2) is 5.84 Å². The lowest BCUT2D eigenvalue weighted by atomic mass is 10.2. The smallest absolute Gasteiger partial charge is 0.205 e. The van der Waals surface area contributed by atoms with Crippen LogP contribution in [0.5, 0.6) is 0 Å². The third kappa shape index (κ3) is 4.89. The Bertz CT molecular complexity index is 234. The molecular formula is C11H25N5O. The van der Waals surface area contributed by atoms with E-state index >= 15 is 0 Å². The predicted octanol–water partition coefficient (Wildman–Crippen LogP) is -0.474. The fourth-order valence-corrected chi connectivity index (χ4v) is 2.14. The predicted molar refractivity (Wildman–Crippen MR) is 69.8 cm³/mol. The normalized spacial score (nSPS) is 21.8. The van der Waals surface area contributed by atoms with Gasteiger partial charge in [0.05, 0.1) is 13.2 Å². The van der Waals surface area contributed by atoms with Gasteiger partial charge in [0.25, 0.3) is 0 Å². The van der Waals surface area contributed by atoms with Crippen LogP contribution in [0.3, 0.4) is 0 Å². The number of likely N-dealkylation sites (N-methyl/N-ethyl adjacent to an activating group) is 1. The Kier molecular flexibility index (Phi) is 6.91. The van der Waals surface area contributed by atoms with Crippen LogP contribution in [0.1, 0.15) is 19.8 Å². The van der Waals surface area contributed by atoms with Crippen LogP contribution in [-0.4, -0.2) is 56.8 Å². The SMILES string of the molecule is CCN1CCCC1CN=C(NN)NCCOC. The third-order valence-corrected chi connectivity index (χ3v) is 3.10. The van der Waals surface area contributed by atoms with Crippen molar-refractivity contribution in [3.63, 3.8) is 0 Å². The number of nitrogens with one attached hydrogen (secondary N) is 2. The van der Waals surface area contributed by atoms with Gasteiger partial charge in [-0.15, -0.1) is 0 Å². The van der Waals surface area contributed by atoms with Crippen molar-refractivity contribution in [3.05, 3.63) is 0 Å². The lowest BCUT2D eigenvalue weighted by molar-refractivity contribution is 0.203. The van der Waals surface area contributed by atoms with Crippen molar-refractivity contribution in [1.82, 2.24) is 15.6 Å². The Morgan fingerprint density at radius 1 is 1.59 bits per heavy atom. The third-order valence-electron chi connectivity index (χ3n) is 3.10. The fourth-order valence-electron chi connectivity index (χ4n) is 2.14. The van der Waals surface area contributed by atoms with E-state index in [0.717, 1.165) is 13.1 Å². The van der Waals surface area contributed by atoms with Crippen LogP contribution >= 0.6 is 0 Å². The maximum atomic E-state index is 5.41. The first-order chi connectivity index (χ1) is 8.31. The van der Waals surface area contributed by atoms with E-state index in [1.54, 1.807) is 7.11 Å². The van der Waals surface area contributed by atoms with Gasteiger partial charge >= 0.3 is 0 Å². The van der Waals surface area contributed by atoms with Gasteiger partial charge in [0.15, 0.2) is 0 Å². The van der Waals surface area contributed by atoms with E-state index < -0.39 is 0 Å². The van der Waals surface area contributed by atoms with E-state index in [9.17, 15) is 0 Å². The molecule has 1 rings (SSSR count). The number of ether oxygens (including phenoxy) is 1. The summed E-state index contributed by atoms with van der Waals surface area (Å²) >= 11 is 0. The van der Waals surface area contributed by atoms with Gasteiger partial charge in [-0.2, -0.15) is 0 Å². The maximum Gasteiger partial charge on any atom is 0.205 e. The van der Waals surface area contributed by atoms with Gasteiger partial charge in [0.1, 0.15) is 0 Å². The maximum absolute atomic E-state index is 5.41. The van der Waals surface area contributed by atoms with Crippen molar-refractivity contribution in [2.45, 2.75) is 25.8 Å². The van der Waals surface area contributed by atoms with E-state index in [4.69, 9.17) is 10.6 Å². The number of nitrogens with zero attached hydrogens (tertiary/aromatic N) is 2. The Morgan fingerprint density at radius 3 is 3.06 bits per heavy atom. The molecule has 0 radical (unpaired) electrons. The van der Waals surface area contributed by atoms with E-state index in [-0.39, 0.29) is 0 Å². The molecule has 0 aromatic heterocycles. The number of hydrogen-bond donors (Lipinski definition) is 3. The van der Waals surface area contributed by atoms with E-state index in [1.807, 2.05) is 0 Å². The lowest BCUT2D eigenvalue weighted by Gasteiger charge is -2.21. The summed E-state index contributed by atoms with van der Waals surface area (Å²) in [5.41, 5.74) is 2.58. The zero-order chi connectivity index (χ0) is 12.5. The summed E-state index contributed by atoms with van der Waals surface area (Å²) in [6, 6.07) is 0.563. The molecule has 0 spiro atoms. The molecular weight excluding hydrogens is 218 g/mol. The first kappa shape index (κ1) is 14.2. The van der Waals surface area contributed by atoms with E-state index in [0.29, 0.717) is 25.2 Å². The van der Waals surface area contributed by atoms with Gasteiger partial charge in [-0.1, -0.05) is 6.92 Å². The topological polar surface area (TPSA) is 74.9 Å². The van der Waals surface area contributed by atoms with Crippen molar-refractivity contribution >= 4 is 5.96 Å². The number of hydrazine groups is 1. The largest absolute Gasteiger partial charge is 0.383 e. The van der Waals surface area contributed by atoms with Gasteiger partial charge in [-0.05, 0) is 25.9 Å². The number of likely N-dealkylation sites (tertiary alicyclic amines) is 1. The number of nitrogens with two attached hydrogens (primary N) is 1. The van der Waals surface area contributed by atoms with Crippen molar-refractivity contribution in [2.75, 3.05) is 39.9 Å². The van der Waals surface area contributed by atoms with E-state index in [1.165, 1.54) is 19.4 Å². The zero-order valence-electron chi connectivity index (χ0n) is 10.9. The standard InChI is InChI=1S/C11H25N5O/c1-3-16-7-4-5-10(16)9-14-11(15-12)13-6-8-17-2/h10H,3-9,12H2,1-2H3,(H2,13,14,15). The number of methoxy groups -OCH3 is 1. The minimum atomic E-state index is 0.563. The van der Waals surface area contributed by atoms with Crippen LogP contribution in [0.25, 0.3) is 0 Å². The summed E-state index contributed by atoms with van der Waals surface area (Å²) in [6.07, 6.45) is 2.50. The summed E-state index contributed by atoms with van der Waals surface area (Å²) in [5.74, 6) is 6.05. The molecule has 100 valence electrons. The van der Waals surface area contributed by atoms with Crippen LogP contribution in [0.2, 0.25) is 0 Å². The summed E-state index contributed by atoms with van der Waals surface area (Å²) in [5, 5.41) is 3.10. The molecule has 0 amide bonds. The fraction of sp³-hybridized carbons (Fsp3) is 0.909. The van der Waals surface area contributed by atoms with Crippen LogP contribution < -0.4 is 16.6 Å². The van der Waals surface area contributed by atoms with Crippen LogP contribution in [0, 0.1) is 0 Å². The Morgan fingerprint density at radius 2 is 2.41 bits per heavy atom. The molecule has 0 aromatic carbocycles. The highest BCUT2D eigenvalue weighted by Crippen LogP contribution is 2.16. The van der Waals surface area contributed by atoms with Crippen molar-refractivity contribution in [2.24, 2.45) is 10.8 Å². The summed E-state index contributed by atoms with van der Waals surface area (Å²) in [7, 11) is 1.67. The second-order valence-corrected chi connectivity index (χ2v) is 4.18. The molecule has 4 N–H and O–H groups in total. The molecule has 1 atom stereocenters. The second-order valence-electron chi connectivity index (χ2n) is 4.18. The molecule has 1 fully saturated rings. The molecule has 6 nitrogen and oxygen atoms in total. The molecule has 0 saturated carbocycles. The molecule has 1 saturated heterocycles. The first-order valence-corrected chi connectivity index (χ1v) is 6.29. The van der Waals surface area contributed by atoms with Gasteiger partial charge in [-0.3, -0.25) is 15.3 Å². The van der Waals surface area contributed by atoms with Gasteiger partial charge in [0, 0.05) is 19.7 Å². The summed E-state index contributed by atoms with van der Waals surface area (Å²) < 4.78 is 4.95. The highest BCUT2D eigenvalue weighted by atomic mass is 16.5. The molecule has 1 heterocycles. The number of rotatable bonds is 6. The zero-order valence-corrected chi connectivity index (χ0v) is 10.9. The highest BCUT2D eigenvalue weighted by Gasteiger charge is 2.22. The molecule has 6 heteroatoms. The quantitative estimate of drug-likeness (QED) is 0.193. The minimum Gasteiger partial charge on any atom is -0.383 e. The average Bonchev–Trinajstić information content (AvgIpc) is 2.81. The molecule has 1 aliphatic heterocycles. The van der Waals surface area contributed by atoms with Gasteiger partial charge < -0.3 is 10.1 Å². The minimum absolute atomic E-state index is 0.563. The molecule has 1 unspecified atom stereocenters. The Balaban J connectivity index is 2.32. The van der Waals surface area contributed by atoms with Crippen molar-refractivity contribution in [1.29, 1.82) is 0 Å². The van der Waals surface area contributed by atoms with E-state index in [2.05, 4.69) is 27.6 Å².